The van der Waals surface area contributed by atoms with Crippen molar-refractivity contribution in [3.8, 4) is 11.8 Å². The van der Waals surface area contributed by atoms with Crippen molar-refractivity contribution in [3.05, 3.63) is 27.7 Å². The first-order chi connectivity index (χ1) is 8.47. The van der Waals surface area contributed by atoms with Gasteiger partial charge in [0, 0.05) is 11.4 Å². The van der Waals surface area contributed by atoms with Gasteiger partial charge in [0.2, 0.25) is 0 Å². The van der Waals surface area contributed by atoms with Crippen LogP contribution in [0.4, 0.5) is 5.69 Å². The fraction of sp³-hybridized carbons (Fsp3) is 0.308. The molecule has 0 heterocycles. The number of benzene rings is 1. The molecule has 5 heteroatoms. The van der Waals surface area contributed by atoms with Crippen LogP contribution >= 0.6 is 23.2 Å². The van der Waals surface area contributed by atoms with Crippen molar-refractivity contribution < 1.29 is 9.90 Å². The molecule has 0 saturated carbocycles. The maximum Gasteiger partial charge on any atom is 0.311 e. The molecule has 18 heavy (non-hydrogen) atoms. The molecule has 0 aliphatic heterocycles. The predicted octanol–water partition coefficient (Wildman–Crippen LogP) is 3.55. The maximum absolute atomic E-state index is 11.3. The van der Waals surface area contributed by atoms with Gasteiger partial charge in [0.15, 0.2) is 0 Å². The van der Waals surface area contributed by atoms with Crippen molar-refractivity contribution >= 4 is 34.9 Å². The summed E-state index contributed by atoms with van der Waals surface area (Å²) in [6.45, 7) is 1.71. The third-order valence-electron chi connectivity index (χ3n) is 2.53. The van der Waals surface area contributed by atoms with E-state index in [0.717, 1.165) is 0 Å². The molecule has 1 aromatic carbocycles. The highest BCUT2D eigenvalue weighted by molar-refractivity contribution is 6.36. The minimum Gasteiger partial charge on any atom is -0.481 e. The van der Waals surface area contributed by atoms with Crippen LogP contribution < -0.4 is 5.73 Å². The number of anilines is 1. The maximum atomic E-state index is 11.3. The first kappa shape index (κ1) is 14.7. The molecule has 0 aromatic heterocycles. The van der Waals surface area contributed by atoms with Crippen LogP contribution in [0.25, 0.3) is 0 Å². The summed E-state index contributed by atoms with van der Waals surface area (Å²) in [5, 5.41) is 9.88. The fourth-order valence-corrected chi connectivity index (χ4v) is 2.16. The average Bonchev–Trinajstić information content (AvgIpc) is 2.29. The third-order valence-corrected chi connectivity index (χ3v) is 3.07. The molecular formula is C13H13Cl2NO2. The molecule has 0 aliphatic carbocycles. The van der Waals surface area contributed by atoms with Gasteiger partial charge in [-0.2, -0.15) is 0 Å². The van der Waals surface area contributed by atoms with Crippen LogP contribution in [0.5, 0.6) is 0 Å². The van der Waals surface area contributed by atoms with E-state index in [9.17, 15) is 9.90 Å². The molecule has 1 rings (SSSR count). The van der Waals surface area contributed by atoms with Gasteiger partial charge in [-0.25, -0.2) is 0 Å². The predicted molar refractivity (Wildman–Crippen MR) is 73.9 cm³/mol. The van der Waals surface area contributed by atoms with Gasteiger partial charge in [0.1, 0.15) is 0 Å². The van der Waals surface area contributed by atoms with E-state index in [0.29, 0.717) is 23.4 Å². The molecule has 0 bridgehead atoms. The van der Waals surface area contributed by atoms with Crippen molar-refractivity contribution in [2.75, 3.05) is 5.73 Å². The zero-order valence-electron chi connectivity index (χ0n) is 9.84. The molecule has 0 amide bonds. The number of rotatable bonds is 4. The number of nitrogen functional groups attached to an aromatic ring is 1. The second kappa shape index (κ2) is 6.53. The number of hydrogen-bond donors (Lipinski definition) is 2. The van der Waals surface area contributed by atoms with Crippen molar-refractivity contribution in [2.45, 2.75) is 25.7 Å². The van der Waals surface area contributed by atoms with Crippen LogP contribution in [0.1, 0.15) is 31.2 Å². The molecule has 0 fully saturated rings. The first-order valence-electron chi connectivity index (χ1n) is 5.34. The van der Waals surface area contributed by atoms with Gasteiger partial charge in [-0.05, 0) is 31.0 Å². The molecule has 0 saturated heterocycles. The Hall–Kier alpha value is -1.37. The molecule has 1 aromatic rings. The summed E-state index contributed by atoms with van der Waals surface area (Å²) in [6.07, 6.45) is 0.855. The highest BCUT2D eigenvalue weighted by atomic mass is 35.5. The van der Waals surface area contributed by atoms with E-state index in [1.807, 2.05) is 0 Å². The number of hydrogen-bond acceptors (Lipinski definition) is 2. The van der Waals surface area contributed by atoms with Crippen LogP contribution in [0.15, 0.2) is 12.1 Å². The molecule has 0 radical (unpaired) electrons. The van der Waals surface area contributed by atoms with Gasteiger partial charge in [-0.3, -0.25) is 4.79 Å². The summed E-state index contributed by atoms with van der Waals surface area (Å²) in [5.74, 6) is 3.85. The molecular weight excluding hydrogens is 273 g/mol. The SMILES string of the molecule is CC#CCCC(C(=O)O)c1cc(Cl)cc(Cl)c1N. The lowest BCUT2D eigenvalue weighted by Gasteiger charge is -2.15. The molecule has 0 aliphatic rings. The Bertz CT molecular complexity index is 518. The molecule has 1 unspecified atom stereocenters. The molecule has 0 spiro atoms. The lowest BCUT2D eigenvalue weighted by Crippen LogP contribution is -2.13. The van der Waals surface area contributed by atoms with Gasteiger partial charge in [0.25, 0.3) is 0 Å². The highest BCUT2D eigenvalue weighted by Crippen LogP contribution is 2.34. The first-order valence-corrected chi connectivity index (χ1v) is 6.09. The number of aliphatic carboxylic acids is 1. The minimum atomic E-state index is -0.960. The number of nitrogens with two attached hydrogens (primary N) is 1. The van der Waals surface area contributed by atoms with Crippen LogP contribution in [-0.2, 0) is 4.79 Å². The Morgan fingerprint density at radius 2 is 2.17 bits per heavy atom. The van der Waals surface area contributed by atoms with Gasteiger partial charge in [-0.15, -0.1) is 11.8 Å². The van der Waals surface area contributed by atoms with E-state index in [1.54, 1.807) is 13.0 Å². The van der Waals surface area contributed by atoms with Crippen LogP contribution in [0, 0.1) is 11.8 Å². The largest absolute Gasteiger partial charge is 0.481 e. The quantitative estimate of drug-likeness (QED) is 0.657. The number of carbonyl (C=O) groups is 1. The Morgan fingerprint density at radius 1 is 1.50 bits per heavy atom. The van der Waals surface area contributed by atoms with Gasteiger partial charge in [-0.1, -0.05) is 23.2 Å². The molecule has 1 atom stereocenters. The summed E-state index contributed by atoms with van der Waals surface area (Å²) in [4.78, 5) is 11.3. The lowest BCUT2D eigenvalue weighted by molar-refractivity contribution is -0.138. The van der Waals surface area contributed by atoms with Crippen LogP contribution in [0.3, 0.4) is 0 Å². The fourth-order valence-electron chi connectivity index (χ4n) is 1.65. The minimum absolute atomic E-state index is 0.262. The number of carboxylic acids is 1. The topological polar surface area (TPSA) is 63.3 Å². The van der Waals surface area contributed by atoms with Crippen molar-refractivity contribution in [1.29, 1.82) is 0 Å². The monoisotopic (exact) mass is 285 g/mol. The number of halogens is 2. The normalized spacial score (nSPS) is 11.5. The Labute approximate surface area is 116 Å². The van der Waals surface area contributed by atoms with Gasteiger partial charge >= 0.3 is 5.97 Å². The molecule has 96 valence electrons. The second-order valence-corrected chi connectivity index (χ2v) is 4.59. The van der Waals surface area contributed by atoms with E-state index in [4.69, 9.17) is 28.9 Å². The summed E-state index contributed by atoms with van der Waals surface area (Å²) < 4.78 is 0. The third kappa shape index (κ3) is 3.56. The summed E-state index contributed by atoms with van der Waals surface area (Å²) in [7, 11) is 0. The second-order valence-electron chi connectivity index (χ2n) is 3.75. The van der Waals surface area contributed by atoms with E-state index < -0.39 is 11.9 Å². The Kier molecular flexibility index (Phi) is 5.33. The molecule has 3 nitrogen and oxygen atoms in total. The van der Waals surface area contributed by atoms with Gasteiger partial charge in [0.05, 0.1) is 16.6 Å². The zero-order valence-corrected chi connectivity index (χ0v) is 11.3. The average molecular weight is 286 g/mol. The highest BCUT2D eigenvalue weighted by Gasteiger charge is 2.23. The van der Waals surface area contributed by atoms with Crippen molar-refractivity contribution in [1.82, 2.24) is 0 Å². The van der Waals surface area contributed by atoms with Crippen molar-refractivity contribution in [2.24, 2.45) is 0 Å². The van der Waals surface area contributed by atoms with Crippen LogP contribution in [0.2, 0.25) is 10.0 Å². The van der Waals surface area contributed by atoms with E-state index >= 15 is 0 Å². The Balaban J connectivity index is 3.12. The molecule has 3 N–H and O–H groups in total. The van der Waals surface area contributed by atoms with E-state index in [2.05, 4.69) is 11.8 Å². The Morgan fingerprint density at radius 3 is 2.72 bits per heavy atom. The summed E-state index contributed by atoms with van der Waals surface area (Å²) in [5.41, 5.74) is 6.51. The smallest absolute Gasteiger partial charge is 0.311 e. The standard InChI is InChI=1S/C13H13Cl2NO2/c1-2-3-4-5-9(13(17)18)10-6-8(14)7-11(15)12(10)16/h6-7,9H,4-5,16H2,1H3,(H,17,18). The van der Waals surface area contributed by atoms with Gasteiger partial charge < -0.3 is 10.8 Å². The number of carboxylic acid groups (broad SMARTS) is 1. The summed E-state index contributed by atoms with van der Waals surface area (Å²) in [6, 6.07) is 3.04. The van der Waals surface area contributed by atoms with E-state index in [-0.39, 0.29) is 10.7 Å². The summed E-state index contributed by atoms with van der Waals surface area (Å²) >= 11 is 11.8. The zero-order chi connectivity index (χ0) is 13.7. The van der Waals surface area contributed by atoms with Crippen molar-refractivity contribution in [3.63, 3.8) is 0 Å². The van der Waals surface area contributed by atoms with Crippen LogP contribution in [-0.4, -0.2) is 11.1 Å². The lowest BCUT2D eigenvalue weighted by atomic mass is 9.93. The van der Waals surface area contributed by atoms with E-state index in [1.165, 1.54) is 6.07 Å².